The highest BCUT2D eigenvalue weighted by Crippen LogP contribution is 2.33. The lowest BCUT2D eigenvalue weighted by Gasteiger charge is -2.38. The molecule has 1 aromatic carbocycles. The number of hydrogen-bond acceptors (Lipinski definition) is 2. The minimum Gasteiger partial charge on any atom is -0.481 e. The predicted octanol–water partition coefficient (Wildman–Crippen LogP) is 2.69. The first-order chi connectivity index (χ1) is 8.03. The molecule has 3 heteroatoms. The molecule has 0 radical (unpaired) electrons. The van der Waals surface area contributed by atoms with Crippen LogP contribution in [0.2, 0.25) is 0 Å². The first-order valence-electron chi connectivity index (χ1n) is 6.07. The van der Waals surface area contributed by atoms with Crippen LogP contribution in [-0.2, 0) is 4.79 Å². The molecular formula is C14H19NO2. The molecule has 1 aliphatic heterocycles. The summed E-state index contributed by atoms with van der Waals surface area (Å²) >= 11 is 0. The monoisotopic (exact) mass is 233 g/mol. The summed E-state index contributed by atoms with van der Waals surface area (Å²) in [5.74, 6) is -0.665. The van der Waals surface area contributed by atoms with E-state index in [0.717, 1.165) is 25.9 Å². The van der Waals surface area contributed by atoms with E-state index in [9.17, 15) is 9.90 Å². The van der Waals surface area contributed by atoms with Crippen LogP contribution in [-0.4, -0.2) is 24.2 Å². The highest BCUT2D eigenvalue weighted by atomic mass is 16.4. The molecule has 92 valence electrons. The molecular weight excluding hydrogens is 214 g/mol. The third kappa shape index (κ3) is 2.28. The Morgan fingerprint density at radius 3 is 2.41 bits per heavy atom. The van der Waals surface area contributed by atoms with E-state index in [1.54, 1.807) is 0 Å². The van der Waals surface area contributed by atoms with Crippen molar-refractivity contribution >= 4 is 11.7 Å². The van der Waals surface area contributed by atoms with Gasteiger partial charge in [0.25, 0.3) is 0 Å². The SMILES string of the molecule is Cc1ccccc1N1CCC(C)(C(=O)O)CC1. The van der Waals surface area contributed by atoms with E-state index in [4.69, 9.17) is 0 Å². The molecule has 0 aliphatic carbocycles. The number of hydrogen-bond donors (Lipinski definition) is 1. The van der Waals surface area contributed by atoms with E-state index in [0.29, 0.717) is 0 Å². The molecule has 1 N–H and O–H groups in total. The van der Waals surface area contributed by atoms with E-state index >= 15 is 0 Å². The van der Waals surface area contributed by atoms with Gasteiger partial charge >= 0.3 is 5.97 Å². The number of para-hydroxylation sites is 1. The van der Waals surface area contributed by atoms with Gasteiger partial charge < -0.3 is 10.0 Å². The Hall–Kier alpha value is -1.51. The van der Waals surface area contributed by atoms with E-state index in [1.807, 2.05) is 19.1 Å². The van der Waals surface area contributed by atoms with Crippen molar-refractivity contribution < 1.29 is 9.90 Å². The second-order valence-electron chi connectivity index (χ2n) is 5.14. The van der Waals surface area contributed by atoms with Gasteiger partial charge in [-0.05, 0) is 38.3 Å². The van der Waals surface area contributed by atoms with Crippen molar-refractivity contribution in [2.45, 2.75) is 26.7 Å². The maximum Gasteiger partial charge on any atom is 0.309 e. The molecule has 0 atom stereocenters. The highest BCUT2D eigenvalue weighted by molar-refractivity contribution is 5.74. The maximum absolute atomic E-state index is 11.2. The van der Waals surface area contributed by atoms with Crippen LogP contribution in [0, 0.1) is 12.3 Å². The van der Waals surface area contributed by atoms with Gasteiger partial charge in [0, 0.05) is 18.8 Å². The summed E-state index contributed by atoms with van der Waals surface area (Å²) in [4.78, 5) is 13.5. The number of piperidine rings is 1. The Balaban J connectivity index is 2.10. The van der Waals surface area contributed by atoms with Crippen molar-refractivity contribution in [1.29, 1.82) is 0 Å². The van der Waals surface area contributed by atoms with E-state index in [2.05, 4.69) is 24.0 Å². The summed E-state index contributed by atoms with van der Waals surface area (Å²) in [6.45, 7) is 5.60. The zero-order valence-electron chi connectivity index (χ0n) is 10.4. The Morgan fingerprint density at radius 1 is 1.29 bits per heavy atom. The molecule has 1 heterocycles. The number of aliphatic carboxylic acids is 1. The molecule has 0 unspecified atom stereocenters. The molecule has 0 aromatic heterocycles. The smallest absolute Gasteiger partial charge is 0.309 e. The molecule has 0 bridgehead atoms. The van der Waals surface area contributed by atoms with Crippen LogP contribution < -0.4 is 4.90 Å². The van der Waals surface area contributed by atoms with E-state index < -0.39 is 11.4 Å². The second-order valence-corrected chi connectivity index (χ2v) is 5.14. The fourth-order valence-electron chi connectivity index (χ4n) is 2.37. The number of aryl methyl sites for hydroxylation is 1. The van der Waals surface area contributed by atoms with Crippen molar-refractivity contribution in [3.05, 3.63) is 29.8 Å². The number of benzene rings is 1. The van der Waals surface area contributed by atoms with Gasteiger partial charge in [-0.1, -0.05) is 18.2 Å². The van der Waals surface area contributed by atoms with Crippen LogP contribution in [0.15, 0.2) is 24.3 Å². The highest BCUT2D eigenvalue weighted by Gasteiger charge is 2.36. The molecule has 0 amide bonds. The molecule has 1 fully saturated rings. The van der Waals surface area contributed by atoms with Crippen LogP contribution in [0.4, 0.5) is 5.69 Å². The third-order valence-corrected chi connectivity index (χ3v) is 3.84. The van der Waals surface area contributed by atoms with Gasteiger partial charge in [0.15, 0.2) is 0 Å². The number of nitrogens with zero attached hydrogens (tertiary/aromatic N) is 1. The zero-order chi connectivity index (χ0) is 12.5. The number of carboxylic acid groups (broad SMARTS) is 1. The van der Waals surface area contributed by atoms with Crippen molar-refractivity contribution in [3.63, 3.8) is 0 Å². The van der Waals surface area contributed by atoms with Crippen molar-refractivity contribution in [2.24, 2.45) is 5.41 Å². The van der Waals surface area contributed by atoms with Crippen molar-refractivity contribution in [3.8, 4) is 0 Å². The fraction of sp³-hybridized carbons (Fsp3) is 0.500. The predicted molar refractivity (Wildman–Crippen MR) is 68.4 cm³/mol. The summed E-state index contributed by atoms with van der Waals surface area (Å²) in [6, 6.07) is 8.27. The van der Waals surface area contributed by atoms with Crippen LogP contribution in [0.3, 0.4) is 0 Å². The van der Waals surface area contributed by atoms with Crippen molar-refractivity contribution in [2.75, 3.05) is 18.0 Å². The van der Waals surface area contributed by atoms with Gasteiger partial charge in [0.05, 0.1) is 5.41 Å². The minimum absolute atomic E-state index is 0.542. The van der Waals surface area contributed by atoms with E-state index in [-0.39, 0.29) is 0 Å². The molecule has 3 nitrogen and oxygen atoms in total. The molecule has 0 saturated carbocycles. The number of carboxylic acids is 1. The average molecular weight is 233 g/mol. The van der Waals surface area contributed by atoms with Gasteiger partial charge in [0.1, 0.15) is 0 Å². The first kappa shape index (κ1) is 12.0. The molecule has 1 saturated heterocycles. The van der Waals surface area contributed by atoms with Gasteiger partial charge in [-0.3, -0.25) is 4.79 Å². The van der Waals surface area contributed by atoms with Gasteiger partial charge in [-0.25, -0.2) is 0 Å². The Bertz CT molecular complexity index is 420. The van der Waals surface area contributed by atoms with Gasteiger partial charge in [-0.15, -0.1) is 0 Å². The molecule has 17 heavy (non-hydrogen) atoms. The van der Waals surface area contributed by atoms with Crippen LogP contribution >= 0.6 is 0 Å². The number of carbonyl (C=O) groups is 1. The molecule has 1 aromatic rings. The summed E-state index contributed by atoms with van der Waals surface area (Å²) < 4.78 is 0. The second kappa shape index (κ2) is 4.40. The van der Waals surface area contributed by atoms with Crippen molar-refractivity contribution in [1.82, 2.24) is 0 Å². The van der Waals surface area contributed by atoms with Gasteiger partial charge in [-0.2, -0.15) is 0 Å². The lowest BCUT2D eigenvalue weighted by atomic mass is 9.80. The summed E-state index contributed by atoms with van der Waals surface area (Å²) in [5.41, 5.74) is 1.95. The Morgan fingerprint density at radius 2 is 1.88 bits per heavy atom. The van der Waals surface area contributed by atoms with Gasteiger partial charge in [0.2, 0.25) is 0 Å². The lowest BCUT2D eigenvalue weighted by Crippen LogP contribution is -2.42. The summed E-state index contributed by atoms with van der Waals surface area (Å²) in [6.07, 6.45) is 1.44. The lowest BCUT2D eigenvalue weighted by molar-refractivity contribution is -0.149. The fourth-order valence-corrected chi connectivity index (χ4v) is 2.37. The largest absolute Gasteiger partial charge is 0.481 e. The zero-order valence-corrected chi connectivity index (χ0v) is 10.4. The standard InChI is InChI=1S/C14H19NO2/c1-11-5-3-4-6-12(11)15-9-7-14(2,8-10-15)13(16)17/h3-6H,7-10H2,1-2H3,(H,16,17). The average Bonchev–Trinajstić information content (AvgIpc) is 2.31. The molecule has 0 spiro atoms. The minimum atomic E-state index is -0.665. The maximum atomic E-state index is 11.2. The Kier molecular flexibility index (Phi) is 3.09. The molecule has 1 aliphatic rings. The first-order valence-corrected chi connectivity index (χ1v) is 6.07. The number of rotatable bonds is 2. The third-order valence-electron chi connectivity index (χ3n) is 3.84. The van der Waals surface area contributed by atoms with E-state index in [1.165, 1.54) is 11.3 Å². The normalized spacial score (nSPS) is 19.1. The Labute approximate surface area is 102 Å². The summed E-state index contributed by atoms with van der Waals surface area (Å²) in [5, 5.41) is 9.19. The quantitative estimate of drug-likeness (QED) is 0.853. The van der Waals surface area contributed by atoms with Crippen LogP contribution in [0.5, 0.6) is 0 Å². The molecule has 2 rings (SSSR count). The van der Waals surface area contributed by atoms with Crippen LogP contribution in [0.25, 0.3) is 0 Å². The number of anilines is 1. The van der Waals surface area contributed by atoms with Crippen LogP contribution in [0.1, 0.15) is 25.3 Å². The summed E-state index contributed by atoms with van der Waals surface area (Å²) in [7, 11) is 0. The topological polar surface area (TPSA) is 40.5 Å².